The van der Waals surface area contributed by atoms with Crippen LogP contribution < -0.4 is 11.1 Å². The molecule has 102 valence electrons. The lowest BCUT2D eigenvalue weighted by Crippen LogP contribution is -2.54. The average Bonchev–Trinajstić information content (AvgIpc) is 2.82. The van der Waals surface area contributed by atoms with Gasteiger partial charge >= 0.3 is 0 Å². The van der Waals surface area contributed by atoms with Gasteiger partial charge in [-0.3, -0.25) is 4.79 Å². The molecule has 1 aliphatic carbocycles. The van der Waals surface area contributed by atoms with E-state index in [0.29, 0.717) is 9.46 Å². The Morgan fingerprint density at radius 1 is 1.42 bits per heavy atom. The van der Waals surface area contributed by atoms with Crippen molar-refractivity contribution in [1.29, 1.82) is 0 Å². The molecule has 0 bridgehead atoms. The SMILES string of the molecule is NC(=S)C1(NC(=O)c2cc(F)ccc2Br)CCCC1. The van der Waals surface area contributed by atoms with Gasteiger partial charge in [0.25, 0.3) is 5.91 Å². The van der Waals surface area contributed by atoms with Gasteiger partial charge in [-0.15, -0.1) is 0 Å². The van der Waals surface area contributed by atoms with E-state index >= 15 is 0 Å². The fraction of sp³-hybridized carbons (Fsp3) is 0.385. The first-order chi connectivity index (χ1) is 8.94. The zero-order chi connectivity index (χ0) is 14.0. The molecular formula is C13H14BrFN2OS. The second-order valence-corrected chi connectivity index (χ2v) is 6.03. The highest BCUT2D eigenvalue weighted by Crippen LogP contribution is 2.31. The molecule has 1 saturated carbocycles. The zero-order valence-corrected chi connectivity index (χ0v) is 12.6. The van der Waals surface area contributed by atoms with Crippen molar-refractivity contribution in [1.82, 2.24) is 5.32 Å². The van der Waals surface area contributed by atoms with Crippen LogP contribution in [0.25, 0.3) is 0 Å². The van der Waals surface area contributed by atoms with Crippen LogP contribution in [0.15, 0.2) is 22.7 Å². The molecule has 1 aliphatic rings. The topological polar surface area (TPSA) is 55.1 Å². The Bertz CT molecular complexity index is 529. The Hall–Kier alpha value is -1.01. The average molecular weight is 345 g/mol. The number of hydrogen-bond acceptors (Lipinski definition) is 2. The smallest absolute Gasteiger partial charge is 0.253 e. The minimum absolute atomic E-state index is 0.252. The Balaban J connectivity index is 2.25. The van der Waals surface area contributed by atoms with Crippen LogP contribution in [0.5, 0.6) is 0 Å². The van der Waals surface area contributed by atoms with E-state index in [1.807, 2.05) is 0 Å². The van der Waals surface area contributed by atoms with Gasteiger partial charge in [-0.05, 0) is 47.0 Å². The lowest BCUT2D eigenvalue weighted by Gasteiger charge is -2.29. The zero-order valence-electron chi connectivity index (χ0n) is 10.2. The van der Waals surface area contributed by atoms with E-state index in [-0.39, 0.29) is 11.5 Å². The van der Waals surface area contributed by atoms with Gasteiger partial charge in [-0.2, -0.15) is 0 Å². The molecule has 0 spiro atoms. The van der Waals surface area contributed by atoms with Crippen molar-refractivity contribution in [2.75, 3.05) is 0 Å². The summed E-state index contributed by atoms with van der Waals surface area (Å²) in [5.41, 5.74) is 5.38. The minimum atomic E-state index is -0.627. The van der Waals surface area contributed by atoms with Gasteiger partial charge in [0.15, 0.2) is 0 Å². The molecule has 3 nitrogen and oxygen atoms in total. The lowest BCUT2D eigenvalue weighted by molar-refractivity contribution is 0.0923. The number of hydrogen-bond donors (Lipinski definition) is 2. The van der Waals surface area contributed by atoms with Crippen molar-refractivity contribution in [2.24, 2.45) is 5.73 Å². The molecule has 19 heavy (non-hydrogen) atoms. The van der Waals surface area contributed by atoms with Crippen molar-refractivity contribution in [3.63, 3.8) is 0 Å². The maximum Gasteiger partial charge on any atom is 0.253 e. The first kappa shape index (κ1) is 14.4. The maximum absolute atomic E-state index is 13.2. The highest BCUT2D eigenvalue weighted by atomic mass is 79.9. The quantitative estimate of drug-likeness (QED) is 0.829. The van der Waals surface area contributed by atoms with Crippen molar-refractivity contribution < 1.29 is 9.18 Å². The summed E-state index contributed by atoms with van der Waals surface area (Å²) in [6.45, 7) is 0. The third kappa shape index (κ3) is 2.95. The van der Waals surface area contributed by atoms with Crippen LogP contribution >= 0.6 is 28.1 Å². The molecular weight excluding hydrogens is 331 g/mol. The number of thiocarbonyl (C=S) groups is 1. The fourth-order valence-electron chi connectivity index (χ4n) is 2.37. The normalized spacial score (nSPS) is 17.2. The summed E-state index contributed by atoms with van der Waals surface area (Å²) in [4.78, 5) is 12.6. The van der Waals surface area contributed by atoms with Gasteiger partial charge in [0.05, 0.1) is 16.1 Å². The van der Waals surface area contributed by atoms with Crippen LogP contribution in [-0.2, 0) is 0 Å². The number of nitrogens with two attached hydrogens (primary N) is 1. The highest BCUT2D eigenvalue weighted by Gasteiger charge is 2.38. The number of nitrogens with one attached hydrogen (secondary N) is 1. The Labute approximate surface area is 124 Å². The molecule has 0 radical (unpaired) electrons. The number of carbonyl (C=O) groups excluding carboxylic acids is 1. The summed E-state index contributed by atoms with van der Waals surface area (Å²) in [6, 6.07) is 3.99. The maximum atomic E-state index is 13.2. The standard InChI is InChI=1S/C13H14BrFN2OS/c14-10-4-3-8(15)7-9(10)11(18)17-13(12(16)19)5-1-2-6-13/h3-4,7H,1-2,5-6H2,(H2,16,19)(H,17,18). The summed E-state index contributed by atoms with van der Waals surface area (Å²) in [7, 11) is 0. The van der Waals surface area contributed by atoms with Crippen LogP contribution in [0.3, 0.4) is 0 Å². The third-order valence-electron chi connectivity index (χ3n) is 3.45. The number of benzene rings is 1. The van der Waals surface area contributed by atoms with Crippen molar-refractivity contribution in [3.8, 4) is 0 Å². The Morgan fingerprint density at radius 3 is 2.63 bits per heavy atom. The van der Waals surface area contributed by atoms with Crippen molar-refractivity contribution >= 4 is 39.0 Å². The van der Waals surface area contributed by atoms with Crippen molar-refractivity contribution in [3.05, 3.63) is 34.1 Å². The Kier molecular flexibility index (Phi) is 4.20. The van der Waals surface area contributed by atoms with E-state index in [4.69, 9.17) is 18.0 Å². The third-order valence-corrected chi connectivity index (χ3v) is 4.54. The molecule has 0 atom stereocenters. The second-order valence-electron chi connectivity index (χ2n) is 4.73. The molecule has 1 aromatic rings. The van der Waals surface area contributed by atoms with Crippen LogP contribution in [0.1, 0.15) is 36.0 Å². The summed E-state index contributed by atoms with van der Waals surface area (Å²) in [5, 5.41) is 2.87. The van der Waals surface area contributed by atoms with Gasteiger partial charge in [0.2, 0.25) is 0 Å². The molecule has 2 rings (SSSR count). The molecule has 0 aromatic heterocycles. The summed E-state index contributed by atoms with van der Waals surface area (Å²) in [6.07, 6.45) is 3.42. The lowest BCUT2D eigenvalue weighted by atomic mass is 9.97. The predicted molar refractivity (Wildman–Crippen MR) is 79.6 cm³/mol. The van der Waals surface area contributed by atoms with E-state index in [2.05, 4.69) is 21.2 Å². The van der Waals surface area contributed by atoms with Gasteiger partial charge < -0.3 is 11.1 Å². The van der Waals surface area contributed by atoms with Gasteiger partial charge in [0.1, 0.15) is 5.82 Å². The number of amides is 1. The van der Waals surface area contributed by atoms with Gasteiger partial charge in [-0.1, -0.05) is 25.1 Å². The van der Waals surface area contributed by atoms with Gasteiger partial charge in [0, 0.05) is 4.47 Å². The van der Waals surface area contributed by atoms with Gasteiger partial charge in [-0.25, -0.2) is 4.39 Å². The van der Waals surface area contributed by atoms with Crippen LogP contribution in [0.4, 0.5) is 4.39 Å². The molecule has 3 N–H and O–H groups in total. The van der Waals surface area contributed by atoms with E-state index < -0.39 is 11.4 Å². The number of rotatable bonds is 3. The minimum Gasteiger partial charge on any atom is -0.391 e. The molecule has 6 heteroatoms. The monoisotopic (exact) mass is 344 g/mol. The summed E-state index contributed by atoms with van der Waals surface area (Å²) < 4.78 is 13.8. The summed E-state index contributed by atoms with van der Waals surface area (Å²) in [5.74, 6) is -0.815. The van der Waals surface area contributed by atoms with E-state index in [1.165, 1.54) is 18.2 Å². The predicted octanol–water partition coefficient (Wildman–Crippen LogP) is 2.92. The molecule has 1 amide bonds. The van der Waals surface area contributed by atoms with Crippen LogP contribution in [-0.4, -0.2) is 16.4 Å². The van der Waals surface area contributed by atoms with Crippen molar-refractivity contribution in [2.45, 2.75) is 31.2 Å². The fourth-order valence-corrected chi connectivity index (χ4v) is 3.05. The largest absolute Gasteiger partial charge is 0.391 e. The molecule has 0 aliphatic heterocycles. The molecule has 0 heterocycles. The Morgan fingerprint density at radius 2 is 2.05 bits per heavy atom. The molecule has 0 saturated heterocycles. The van der Waals surface area contributed by atoms with E-state index in [0.717, 1.165) is 25.7 Å². The number of carbonyl (C=O) groups is 1. The van der Waals surface area contributed by atoms with Crippen LogP contribution in [0.2, 0.25) is 0 Å². The molecule has 1 fully saturated rings. The first-order valence-corrected chi connectivity index (χ1v) is 7.22. The second kappa shape index (κ2) is 5.54. The van der Waals surface area contributed by atoms with Crippen LogP contribution in [0, 0.1) is 5.82 Å². The van der Waals surface area contributed by atoms with E-state index in [1.54, 1.807) is 0 Å². The van der Waals surface area contributed by atoms with E-state index in [9.17, 15) is 9.18 Å². The molecule has 1 aromatic carbocycles. The highest BCUT2D eigenvalue weighted by molar-refractivity contribution is 9.10. The first-order valence-electron chi connectivity index (χ1n) is 6.02. The summed E-state index contributed by atoms with van der Waals surface area (Å²) >= 11 is 8.32. The number of halogens is 2. The molecule has 0 unspecified atom stereocenters.